The summed E-state index contributed by atoms with van der Waals surface area (Å²) in [5.74, 6) is 0.338. The van der Waals surface area contributed by atoms with Crippen LogP contribution in [0.5, 0.6) is 0 Å². The molecule has 2 nitrogen and oxygen atoms in total. The maximum absolute atomic E-state index is 2.70. The summed E-state index contributed by atoms with van der Waals surface area (Å²) >= 11 is 0. The molecule has 4 heteroatoms. The van der Waals surface area contributed by atoms with Crippen molar-refractivity contribution in [2.75, 3.05) is 9.80 Å². The Morgan fingerprint density at radius 2 is 1.16 bits per heavy atom. The van der Waals surface area contributed by atoms with Gasteiger partial charge in [0.15, 0.2) is 0 Å². The second-order valence-electron chi connectivity index (χ2n) is 22.4. The van der Waals surface area contributed by atoms with Gasteiger partial charge >= 0.3 is 0 Å². The van der Waals surface area contributed by atoms with Gasteiger partial charge in [0, 0.05) is 32.8 Å². The van der Waals surface area contributed by atoms with Crippen molar-refractivity contribution in [2.24, 2.45) is 0 Å². The molecule has 0 amide bonds. The van der Waals surface area contributed by atoms with Gasteiger partial charge in [-0.1, -0.05) is 150 Å². The molecule has 0 radical (unpaired) electrons. The number of rotatable bonds is 7. The van der Waals surface area contributed by atoms with Gasteiger partial charge in [-0.25, -0.2) is 0 Å². The van der Waals surface area contributed by atoms with Gasteiger partial charge in [0.1, 0.15) is 0 Å². The molecule has 1 aliphatic heterocycles. The highest BCUT2D eigenvalue weighted by Gasteiger charge is 2.41. The van der Waals surface area contributed by atoms with Crippen molar-refractivity contribution < 1.29 is 0 Å². The van der Waals surface area contributed by atoms with Crippen LogP contribution in [0.2, 0.25) is 39.3 Å². The highest BCUT2D eigenvalue weighted by Crippen LogP contribution is 2.62. The lowest BCUT2D eigenvalue weighted by atomic mass is 9.66. The van der Waals surface area contributed by atoms with Gasteiger partial charge < -0.3 is 9.80 Å². The molecule has 0 saturated carbocycles. The maximum atomic E-state index is 2.70. The molecule has 0 fully saturated rings. The summed E-state index contributed by atoms with van der Waals surface area (Å²) in [5.41, 5.74) is 21.7. The molecular weight excluding hydrogens is 793 g/mol. The number of anilines is 6. The van der Waals surface area contributed by atoms with Crippen LogP contribution >= 0.6 is 0 Å². The number of para-hydroxylation sites is 2. The molecule has 0 saturated heterocycles. The molecule has 8 aromatic rings. The summed E-state index contributed by atoms with van der Waals surface area (Å²) in [6, 6.07) is 38.9. The van der Waals surface area contributed by atoms with Crippen molar-refractivity contribution >= 4 is 93.0 Å². The summed E-state index contributed by atoms with van der Waals surface area (Å²) in [6.07, 6.45) is 2.15. The standard InChI is InChI=1S/C59H66N2Si2/c1-34(2)46-33-50-55-52-43(46)26-27-44-48(60(57-36(4)18-16-19-37(57)5)47-31-41(62(10,11)12)23-22-35(47)3)30-40-28-29-59(8,9)56(51(40)53(44)52)54(55)45-25-24-42(63(13,14)15)32-49(45)61(50)58-38(6)20-17-21-39(58)7/h16-27,30-34H,28-29H2,1-15H3. The zero-order valence-electron chi connectivity index (χ0n) is 40.6. The van der Waals surface area contributed by atoms with E-state index in [1.807, 2.05) is 0 Å². The van der Waals surface area contributed by atoms with Gasteiger partial charge in [-0.15, -0.1) is 0 Å². The van der Waals surface area contributed by atoms with Crippen LogP contribution in [-0.2, 0) is 11.8 Å². The third kappa shape index (κ3) is 6.21. The van der Waals surface area contributed by atoms with Gasteiger partial charge in [-0.05, 0) is 144 Å². The quantitative estimate of drug-likeness (QED) is 0.116. The first kappa shape index (κ1) is 41.8. The molecule has 0 bridgehead atoms. The van der Waals surface area contributed by atoms with Crippen LogP contribution in [0, 0.1) is 34.6 Å². The third-order valence-corrected chi connectivity index (χ3v) is 19.1. The van der Waals surface area contributed by atoms with Crippen molar-refractivity contribution in [3.8, 4) is 11.1 Å². The van der Waals surface area contributed by atoms with Gasteiger partial charge in [-0.2, -0.15) is 0 Å². The molecule has 10 rings (SSSR count). The molecule has 0 N–H and O–H groups in total. The lowest BCUT2D eigenvalue weighted by molar-refractivity contribution is 0.476. The van der Waals surface area contributed by atoms with Gasteiger partial charge in [0.2, 0.25) is 0 Å². The van der Waals surface area contributed by atoms with Crippen molar-refractivity contribution in [2.45, 2.75) is 126 Å². The van der Waals surface area contributed by atoms with E-state index >= 15 is 0 Å². The predicted octanol–water partition coefficient (Wildman–Crippen LogP) is 16.5. The smallest absolute Gasteiger partial charge is 0.0776 e. The van der Waals surface area contributed by atoms with E-state index in [0.717, 1.165) is 12.8 Å². The molecule has 0 spiro atoms. The first-order valence-corrected chi connectivity index (χ1v) is 30.5. The minimum Gasteiger partial charge on any atom is -0.309 e. The van der Waals surface area contributed by atoms with E-state index < -0.39 is 16.1 Å². The van der Waals surface area contributed by atoms with E-state index in [-0.39, 0.29) is 5.41 Å². The van der Waals surface area contributed by atoms with Crippen molar-refractivity contribution in [3.05, 3.63) is 142 Å². The summed E-state index contributed by atoms with van der Waals surface area (Å²) < 4.78 is 0. The average Bonchev–Trinajstić information content (AvgIpc) is 3.21. The molecule has 8 aromatic carbocycles. The largest absolute Gasteiger partial charge is 0.309 e. The molecule has 0 aromatic heterocycles. The summed E-state index contributed by atoms with van der Waals surface area (Å²) in [5, 5.41) is 11.5. The molecule has 320 valence electrons. The Morgan fingerprint density at radius 1 is 0.571 bits per heavy atom. The monoisotopic (exact) mass is 858 g/mol. The highest BCUT2D eigenvalue weighted by atomic mass is 28.3. The lowest BCUT2D eigenvalue weighted by Gasteiger charge is -2.43. The topological polar surface area (TPSA) is 6.48 Å². The Bertz CT molecular complexity index is 3170. The Labute approximate surface area is 379 Å². The SMILES string of the molecule is Cc1ccc([Si](C)(C)C)cc1N(c1c(C)cccc1C)c1cc2c3c(c4c5c(cc(C(C)C)c6ccc1c3c65)N(c1c(C)cccc1C)c1cc([Si](C)(C)C)ccc1-4)C(C)(C)CC2. The number of nitrogens with zero attached hydrogens (tertiary/aromatic N) is 2. The Balaban J connectivity index is 1.45. The van der Waals surface area contributed by atoms with Crippen LogP contribution in [0.4, 0.5) is 34.1 Å². The van der Waals surface area contributed by atoms with Crippen molar-refractivity contribution in [1.29, 1.82) is 0 Å². The van der Waals surface area contributed by atoms with Gasteiger partial charge in [0.05, 0.1) is 44.6 Å². The van der Waals surface area contributed by atoms with Crippen molar-refractivity contribution in [1.82, 2.24) is 0 Å². The van der Waals surface area contributed by atoms with E-state index in [1.165, 1.54) is 132 Å². The predicted molar refractivity (Wildman–Crippen MR) is 284 cm³/mol. The van der Waals surface area contributed by atoms with E-state index in [2.05, 4.69) is 208 Å². The first-order valence-electron chi connectivity index (χ1n) is 23.5. The van der Waals surface area contributed by atoms with Crippen LogP contribution in [0.3, 0.4) is 0 Å². The van der Waals surface area contributed by atoms with E-state index in [9.17, 15) is 0 Å². The average molecular weight is 859 g/mol. The second-order valence-corrected chi connectivity index (χ2v) is 32.5. The van der Waals surface area contributed by atoms with Gasteiger partial charge in [-0.3, -0.25) is 0 Å². The maximum Gasteiger partial charge on any atom is 0.0776 e. The van der Waals surface area contributed by atoms with Gasteiger partial charge in [0.25, 0.3) is 0 Å². The first-order chi connectivity index (χ1) is 29.7. The minimum absolute atomic E-state index is 0.0331. The molecule has 63 heavy (non-hydrogen) atoms. The Kier molecular flexibility index (Phi) is 9.40. The molecule has 0 atom stereocenters. The fourth-order valence-electron chi connectivity index (χ4n) is 11.6. The number of fused-ring (bicyclic) bond motifs is 3. The Hall–Kier alpha value is -5.17. The number of hydrogen-bond donors (Lipinski definition) is 0. The van der Waals surface area contributed by atoms with E-state index in [0.29, 0.717) is 5.92 Å². The fourth-order valence-corrected chi connectivity index (χ4v) is 13.9. The van der Waals surface area contributed by atoms with Crippen molar-refractivity contribution in [3.63, 3.8) is 0 Å². The molecular formula is C59H66N2Si2. The summed E-state index contributed by atoms with van der Waals surface area (Å²) in [7, 11) is -3.31. The van der Waals surface area contributed by atoms with E-state index in [1.54, 1.807) is 0 Å². The molecule has 1 aliphatic carbocycles. The normalized spacial score (nSPS) is 14.7. The molecule has 0 unspecified atom stereocenters. The number of aryl methyl sites for hydroxylation is 6. The summed E-state index contributed by atoms with van der Waals surface area (Å²) in [6.45, 7) is 36.3. The summed E-state index contributed by atoms with van der Waals surface area (Å²) in [4.78, 5) is 5.38. The van der Waals surface area contributed by atoms with Crippen LogP contribution in [0.15, 0.2) is 97.1 Å². The van der Waals surface area contributed by atoms with Crippen LogP contribution in [0.25, 0.3) is 43.4 Å². The molecule has 2 aliphatic rings. The second kappa shape index (κ2) is 14.2. The zero-order valence-corrected chi connectivity index (χ0v) is 42.6. The highest BCUT2D eigenvalue weighted by molar-refractivity contribution is 6.89. The number of hydrogen-bond acceptors (Lipinski definition) is 2. The number of benzene rings is 8. The van der Waals surface area contributed by atoms with Crippen LogP contribution in [0.1, 0.15) is 84.5 Å². The van der Waals surface area contributed by atoms with E-state index in [4.69, 9.17) is 0 Å². The molecule has 1 heterocycles. The van der Waals surface area contributed by atoms with Crippen LogP contribution in [-0.4, -0.2) is 16.1 Å². The fraction of sp³-hybridized carbons (Fsp3) is 0.322. The Morgan fingerprint density at radius 3 is 1.79 bits per heavy atom. The van der Waals surface area contributed by atoms with Crippen LogP contribution < -0.4 is 20.2 Å². The zero-order chi connectivity index (χ0) is 44.8. The lowest BCUT2D eigenvalue weighted by Crippen LogP contribution is -2.38. The minimum atomic E-state index is -1.67. The third-order valence-electron chi connectivity index (χ3n) is 15.0.